The van der Waals surface area contributed by atoms with Crippen LogP contribution in [0, 0.1) is 0 Å². The monoisotopic (exact) mass is 666 g/mol. The number of thiophene rings is 1. The zero-order chi connectivity index (χ0) is 28.6. The highest BCUT2D eigenvalue weighted by Crippen LogP contribution is 2.63. The van der Waals surface area contributed by atoms with Crippen LogP contribution in [0.25, 0.3) is 21.5 Å². The van der Waals surface area contributed by atoms with Crippen LogP contribution in [0.4, 0.5) is 8.78 Å². The van der Waals surface area contributed by atoms with Crippen molar-refractivity contribution in [2.24, 2.45) is 5.14 Å². The van der Waals surface area contributed by atoms with Gasteiger partial charge >= 0.3 is 13.3 Å². The maximum Gasteiger partial charge on any atom is 0.400 e. The summed E-state index contributed by atoms with van der Waals surface area (Å²) in [5, 5.41) is 9.67. The molecule has 0 aliphatic carbocycles. The number of nitrogens with zero attached hydrogens (tertiary/aromatic N) is 3. The summed E-state index contributed by atoms with van der Waals surface area (Å²) in [6.45, 7) is 0.269. The number of hydrogen-bond acceptors (Lipinski definition) is 8. The first kappa shape index (κ1) is 29.5. The Hall–Kier alpha value is -2.46. The number of primary sulfonamides is 1. The average Bonchev–Trinajstić information content (AvgIpc) is 3.46. The predicted octanol–water partition coefficient (Wildman–Crippen LogP) is 4.26. The number of aromatic nitrogens is 3. The summed E-state index contributed by atoms with van der Waals surface area (Å²) in [6, 6.07) is 10.3. The molecule has 2 heterocycles. The van der Waals surface area contributed by atoms with Gasteiger partial charge in [-0.3, -0.25) is 4.57 Å². The molecule has 0 aliphatic heterocycles. The van der Waals surface area contributed by atoms with Gasteiger partial charge < -0.3 is 19.3 Å². The van der Waals surface area contributed by atoms with E-state index >= 15 is 0 Å². The van der Waals surface area contributed by atoms with Crippen LogP contribution in [-0.2, 0) is 26.8 Å². The lowest BCUT2D eigenvalue weighted by Gasteiger charge is -2.16. The van der Waals surface area contributed by atoms with Crippen molar-refractivity contribution in [1.29, 1.82) is 0 Å². The zero-order valence-electron chi connectivity index (χ0n) is 20.1. The first-order chi connectivity index (χ1) is 18.2. The summed E-state index contributed by atoms with van der Waals surface area (Å²) in [7, 11) is -8.02. The van der Waals surface area contributed by atoms with E-state index in [-0.39, 0.29) is 44.9 Å². The van der Waals surface area contributed by atoms with Crippen LogP contribution < -0.4 is 14.6 Å². The maximum absolute atomic E-state index is 14.7. The number of sulfonamides is 1. The molecule has 0 spiro atoms. The van der Waals surface area contributed by atoms with E-state index in [9.17, 15) is 31.6 Å². The fraction of sp³-hybridized carbons (Fsp3) is 0.273. The normalized spacial score (nSPS) is 12.7. The number of methoxy groups -OCH3 is 1. The van der Waals surface area contributed by atoms with Gasteiger partial charge in [0.15, 0.2) is 5.82 Å². The molecular formula is C22H22BrF2N4O7PS2. The number of hydrogen-bond donors (Lipinski definition) is 3. The Labute approximate surface area is 233 Å². The van der Waals surface area contributed by atoms with Gasteiger partial charge in [0.1, 0.15) is 22.7 Å². The second-order valence-corrected chi connectivity index (χ2v) is 13.6. The molecule has 39 heavy (non-hydrogen) atoms. The number of alkyl halides is 2. The third kappa shape index (κ3) is 6.65. The van der Waals surface area contributed by atoms with Crippen LogP contribution >= 0.6 is 34.9 Å². The summed E-state index contributed by atoms with van der Waals surface area (Å²) in [6.07, 6.45) is 1.52. The Morgan fingerprint density at radius 1 is 1.23 bits per heavy atom. The molecule has 4 rings (SSSR count). The second kappa shape index (κ2) is 11.2. The smallest absolute Gasteiger partial charge is 0.400 e. The second-order valence-electron chi connectivity index (χ2n) is 8.36. The molecule has 0 bridgehead atoms. The molecule has 0 saturated carbocycles. The number of benzene rings is 2. The van der Waals surface area contributed by atoms with Gasteiger partial charge in [-0.25, -0.2) is 23.2 Å². The Bertz CT molecular complexity index is 1660. The minimum atomic E-state index is -5.85. The third-order valence-corrected chi connectivity index (χ3v) is 9.80. The summed E-state index contributed by atoms with van der Waals surface area (Å²) < 4.78 is 75.8. The lowest BCUT2D eigenvalue weighted by molar-refractivity contribution is 0.0595. The van der Waals surface area contributed by atoms with E-state index in [0.29, 0.717) is 29.2 Å². The van der Waals surface area contributed by atoms with Gasteiger partial charge in [0, 0.05) is 15.4 Å². The molecule has 0 atom stereocenters. The highest BCUT2D eigenvalue weighted by atomic mass is 79.9. The lowest BCUT2D eigenvalue weighted by Crippen LogP contribution is -2.18. The van der Waals surface area contributed by atoms with Gasteiger partial charge in [-0.15, -0.1) is 11.3 Å². The van der Waals surface area contributed by atoms with Crippen molar-refractivity contribution in [3.05, 3.63) is 57.6 Å². The average molecular weight is 667 g/mol. The summed E-state index contributed by atoms with van der Waals surface area (Å²) in [4.78, 5) is 22.0. The molecule has 0 unspecified atom stereocenters. The molecule has 0 saturated heterocycles. The zero-order valence-corrected chi connectivity index (χ0v) is 24.2. The summed E-state index contributed by atoms with van der Waals surface area (Å²) in [5.74, 6) is 0.666. The van der Waals surface area contributed by atoms with Gasteiger partial charge in [-0.1, -0.05) is 12.1 Å². The van der Waals surface area contributed by atoms with E-state index in [2.05, 4.69) is 26.0 Å². The Morgan fingerprint density at radius 2 is 1.92 bits per heavy atom. The molecule has 210 valence electrons. The van der Waals surface area contributed by atoms with E-state index in [1.165, 1.54) is 18.5 Å². The molecule has 0 amide bonds. The van der Waals surface area contributed by atoms with E-state index in [1.807, 2.05) is 12.1 Å². The molecular weight excluding hydrogens is 645 g/mol. The number of rotatable bonds is 11. The lowest BCUT2D eigenvalue weighted by atomic mass is 10.1. The minimum Gasteiger partial charge on any atom is -0.497 e. The molecule has 4 N–H and O–H groups in total. The highest BCUT2D eigenvalue weighted by molar-refractivity contribution is 9.10. The molecule has 11 nitrogen and oxygen atoms in total. The van der Waals surface area contributed by atoms with Crippen LogP contribution in [0.5, 0.6) is 11.5 Å². The van der Waals surface area contributed by atoms with E-state index < -0.39 is 28.2 Å². The molecule has 4 aromatic rings. The summed E-state index contributed by atoms with van der Waals surface area (Å²) >= 11 is 3.52. The SMILES string of the molecule is COc1ccc(Cn2cnc(-c3cc(OCCCS(N)(=O)=O)c4sc(C(F)(F)P(=O)(O)O)c(Br)c4c3)n2)cc1. The van der Waals surface area contributed by atoms with Crippen molar-refractivity contribution in [2.45, 2.75) is 18.6 Å². The maximum atomic E-state index is 14.7. The van der Waals surface area contributed by atoms with Crippen molar-refractivity contribution in [1.82, 2.24) is 14.8 Å². The molecule has 0 fully saturated rings. The van der Waals surface area contributed by atoms with E-state index in [1.54, 1.807) is 23.9 Å². The first-order valence-corrected chi connectivity index (χ1v) is 16.0. The Morgan fingerprint density at radius 3 is 2.54 bits per heavy atom. The quantitative estimate of drug-likeness (QED) is 0.156. The van der Waals surface area contributed by atoms with Gasteiger partial charge in [0.25, 0.3) is 0 Å². The van der Waals surface area contributed by atoms with Crippen LogP contribution in [0.1, 0.15) is 16.9 Å². The van der Waals surface area contributed by atoms with Crippen molar-refractivity contribution < 1.29 is 41.0 Å². The molecule has 0 aliphatic rings. The number of fused-ring (bicyclic) bond motifs is 1. The Kier molecular flexibility index (Phi) is 8.47. The molecule has 2 aromatic carbocycles. The molecule has 2 aromatic heterocycles. The first-order valence-electron chi connectivity index (χ1n) is 11.1. The van der Waals surface area contributed by atoms with Crippen molar-refractivity contribution >= 4 is 55.0 Å². The van der Waals surface area contributed by atoms with Crippen LogP contribution in [0.2, 0.25) is 0 Å². The fourth-order valence-corrected chi connectivity index (χ4v) is 7.06. The minimum absolute atomic E-state index is 0.0251. The van der Waals surface area contributed by atoms with Crippen molar-refractivity contribution in [2.75, 3.05) is 19.5 Å². The highest BCUT2D eigenvalue weighted by Gasteiger charge is 2.53. The topological polar surface area (TPSA) is 167 Å². The summed E-state index contributed by atoms with van der Waals surface area (Å²) in [5.41, 5.74) is -3.16. The fourth-order valence-electron chi connectivity index (χ4n) is 3.57. The van der Waals surface area contributed by atoms with Crippen LogP contribution in [0.3, 0.4) is 0 Å². The number of nitrogens with two attached hydrogens (primary N) is 1. The molecule has 17 heteroatoms. The van der Waals surface area contributed by atoms with Crippen molar-refractivity contribution in [3.63, 3.8) is 0 Å². The Balaban J connectivity index is 1.73. The van der Waals surface area contributed by atoms with Crippen molar-refractivity contribution in [3.8, 4) is 22.9 Å². The van der Waals surface area contributed by atoms with Gasteiger partial charge in [-0.2, -0.15) is 13.9 Å². The number of ether oxygens (including phenoxy) is 2. The largest absolute Gasteiger partial charge is 0.497 e. The van der Waals surface area contributed by atoms with Crippen LogP contribution in [0.15, 0.2) is 47.2 Å². The third-order valence-electron chi connectivity index (χ3n) is 5.46. The van der Waals surface area contributed by atoms with E-state index in [0.717, 1.165) is 5.56 Å². The van der Waals surface area contributed by atoms with Gasteiger partial charge in [-0.05, 0) is 52.2 Å². The molecule has 0 radical (unpaired) electrons. The number of halogens is 3. The van der Waals surface area contributed by atoms with E-state index in [4.69, 9.17) is 14.6 Å². The standard InChI is InChI=1S/C22H22BrF2N4O7PS2/c1-35-15-5-3-13(4-6-15)11-29-12-27-21(28-29)14-9-16-18(23)20(22(24,25)37(30,31)32)38-19(16)17(10-14)36-7-2-8-39(26,33)34/h3-6,9-10,12H,2,7-8,11H2,1H3,(H2,26,33,34)(H2,30,31,32). The van der Waals surface area contributed by atoms with Gasteiger partial charge in [0.2, 0.25) is 10.0 Å². The van der Waals surface area contributed by atoms with Crippen LogP contribution in [-0.4, -0.2) is 52.4 Å². The van der Waals surface area contributed by atoms with Gasteiger partial charge in [0.05, 0.1) is 30.7 Å². The predicted molar refractivity (Wildman–Crippen MR) is 145 cm³/mol.